The van der Waals surface area contributed by atoms with Gasteiger partial charge in [-0.3, -0.25) is 0 Å². The van der Waals surface area contributed by atoms with E-state index in [9.17, 15) is 4.79 Å². The zero-order valence-corrected chi connectivity index (χ0v) is 18.5. The first-order valence-electron chi connectivity index (χ1n) is 8.90. The number of hydrogen-bond donors (Lipinski definition) is 1. The fraction of sp³-hybridized carbons (Fsp3) is 0.556. The predicted molar refractivity (Wildman–Crippen MR) is 112 cm³/mol. The molecular weight excluding hydrogens is 404 g/mol. The van der Waals surface area contributed by atoms with E-state index >= 15 is 0 Å². The lowest BCUT2D eigenvalue weighted by Crippen LogP contribution is -2.41. The average Bonchev–Trinajstić information content (AvgIpc) is 2.92. The van der Waals surface area contributed by atoms with Crippen LogP contribution in [-0.2, 0) is 14.0 Å². The van der Waals surface area contributed by atoms with Crippen LogP contribution in [0.2, 0.25) is 10.0 Å². The first-order valence-corrected chi connectivity index (χ1v) is 9.65. The van der Waals surface area contributed by atoms with Crippen LogP contribution in [0.5, 0.6) is 0 Å². The second-order valence-electron chi connectivity index (χ2n) is 8.85. The smallest absolute Gasteiger partial charge is 0.442 e. The van der Waals surface area contributed by atoms with Crippen molar-refractivity contribution in [2.24, 2.45) is 0 Å². The van der Waals surface area contributed by atoms with E-state index in [-0.39, 0.29) is 15.9 Å². The Bertz CT molecular complexity index is 950. The van der Waals surface area contributed by atoms with Crippen LogP contribution in [0, 0.1) is 0 Å². The van der Waals surface area contributed by atoms with Crippen LogP contribution in [0.15, 0.2) is 6.07 Å². The Labute approximate surface area is 174 Å². The summed E-state index contributed by atoms with van der Waals surface area (Å²) < 4.78 is 18.7. The fourth-order valence-corrected chi connectivity index (χ4v) is 3.35. The molecule has 0 amide bonds. The molecule has 2 aromatic rings. The highest BCUT2D eigenvalue weighted by atomic mass is 35.5. The normalized spacial score (nSPS) is 18.7. The van der Waals surface area contributed by atoms with Crippen LogP contribution in [0.25, 0.3) is 10.9 Å². The zero-order valence-electron chi connectivity index (χ0n) is 17.0. The maximum absolute atomic E-state index is 12.6. The minimum atomic E-state index is -0.822. The molecular formula is C18H24BCl2N3O4. The second kappa shape index (κ2) is 6.52. The summed E-state index contributed by atoms with van der Waals surface area (Å²) in [5, 5.41) is 5.06. The number of ether oxygens (including phenoxy) is 1. The number of hydrogen-bond acceptors (Lipinski definition) is 6. The van der Waals surface area contributed by atoms with Gasteiger partial charge in [0.1, 0.15) is 5.60 Å². The quantitative estimate of drug-likeness (QED) is 0.691. The lowest BCUT2D eigenvalue weighted by Gasteiger charge is -2.32. The predicted octanol–water partition coefficient (Wildman–Crippen LogP) is 4.01. The molecule has 1 saturated heterocycles. The summed E-state index contributed by atoms with van der Waals surface area (Å²) in [5.74, 6) is 0.101. The molecule has 10 heteroatoms. The van der Waals surface area contributed by atoms with Crippen LogP contribution in [0.3, 0.4) is 0 Å². The lowest BCUT2D eigenvalue weighted by molar-refractivity contribution is 0.00578. The van der Waals surface area contributed by atoms with Crippen LogP contribution in [0.4, 0.5) is 10.6 Å². The maximum atomic E-state index is 12.6. The van der Waals surface area contributed by atoms with Crippen molar-refractivity contribution < 1.29 is 18.8 Å². The van der Waals surface area contributed by atoms with E-state index in [0.717, 1.165) is 4.68 Å². The molecule has 0 aliphatic carbocycles. The fourth-order valence-electron chi connectivity index (χ4n) is 2.91. The number of carbonyl (C=O) groups excluding carboxylic acids is 1. The standard InChI is InChI=1S/C18H24BCl2N3O4/c1-16(2,3)26-15(25)24-10-8-9(20)13(21)12(11(10)14(22)23-24)19-27-17(4,5)18(6,7)28-19/h8H,1-7H3,(H2,22,23). The summed E-state index contributed by atoms with van der Waals surface area (Å²) in [6, 6.07) is 1.53. The van der Waals surface area contributed by atoms with Gasteiger partial charge in [0.25, 0.3) is 0 Å². The van der Waals surface area contributed by atoms with Gasteiger partial charge in [-0.05, 0) is 54.5 Å². The van der Waals surface area contributed by atoms with Gasteiger partial charge in [-0.1, -0.05) is 23.2 Å². The number of rotatable bonds is 1. The molecule has 1 fully saturated rings. The van der Waals surface area contributed by atoms with Gasteiger partial charge in [0.15, 0.2) is 5.82 Å². The molecule has 2 N–H and O–H groups in total. The molecule has 2 heterocycles. The molecule has 28 heavy (non-hydrogen) atoms. The van der Waals surface area contributed by atoms with E-state index in [1.165, 1.54) is 6.07 Å². The number of nitrogens with two attached hydrogens (primary N) is 1. The lowest BCUT2D eigenvalue weighted by atomic mass is 9.76. The number of nitrogens with zero attached hydrogens (tertiary/aromatic N) is 2. The molecule has 7 nitrogen and oxygen atoms in total. The Morgan fingerprint density at radius 3 is 2.25 bits per heavy atom. The third kappa shape index (κ3) is 3.47. The molecule has 3 rings (SSSR count). The Balaban J connectivity index is 2.20. The van der Waals surface area contributed by atoms with Crippen molar-refractivity contribution in [1.82, 2.24) is 9.78 Å². The summed E-state index contributed by atoms with van der Waals surface area (Å²) in [5.41, 5.74) is 5.07. The highest BCUT2D eigenvalue weighted by molar-refractivity contribution is 6.70. The molecule has 0 bridgehead atoms. The first kappa shape index (κ1) is 21.2. The Morgan fingerprint density at radius 1 is 1.21 bits per heavy atom. The number of carbonyl (C=O) groups is 1. The van der Waals surface area contributed by atoms with Gasteiger partial charge in [0.2, 0.25) is 0 Å². The number of benzene rings is 1. The van der Waals surface area contributed by atoms with Crippen molar-refractivity contribution in [3.63, 3.8) is 0 Å². The highest BCUT2D eigenvalue weighted by Crippen LogP contribution is 2.39. The SMILES string of the molecule is CC(C)(C)OC(=O)n1nc(N)c2c(B3OC(C)(C)C(C)(C)O3)c(Cl)c(Cl)cc21. The molecule has 1 aromatic heterocycles. The number of fused-ring (bicyclic) bond motifs is 1. The monoisotopic (exact) mass is 427 g/mol. The van der Waals surface area contributed by atoms with E-state index in [1.807, 2.05) is 27.7 Å². The van der Waals surface area contributed by atoms with E-state index in [4.69, 9.17) is 43.0 Å². The number of anilines is 1. The largest absolute Gasteiger partial charge is 0.497 e. The van der Waals surface area contributed by atoms with E-state index in [1.54, 1.807) is 20.8 Å². The molecule has 1 aliphatic heterocycles. The van der Waals surface area contributed by atoms with Crippen molar-refractivity contribution in [2.75, 3.05) is 5.73 Å². The molecule has 1 aliphatic rings. The summed E-state index contributed by atoms with van der Waals surface area (Å²) in [7, 11) is -0.822. The van der Waals surface area contributed by atoms with E-state index in [2.05, 4.69) is 5.10 Å². The van der Waals surface area contributed by atoms with Crippen molar-refractivity contribution >= 4 is 58.6 Å². The minimum Gasteiger partial charge on any atom is -0.442 e. The van der Waals surface area contributed by atoms with Crippen molar-refractivity contribution in [1.29, 1.82) is 0 Å². The Kier molecular flexibility index (Phi) is 4.95. The van der Waals surface area contributed by atoms with Gasteiger partial charge in [-0.15, -0.1) is 5.10 Å². The maximum Gasteiger partial charge on any atom is 0.497 e. The molecule has 0 unspecified atom stereocenters. The average molecular weight is 428 g/mol. The van der Waals surface area contributed by atoms with Gasteiger partial charge in [-0.2, -0.15) is 4.68 Å². The minimum absolute atomic E-state index is 0.101. The van der Waals surface area contributed by atoms with Crippen molar-refractivity contribution in [3.05, 3.63) is 16.1 Å². The first-order chi connectivity index (χ1) is 12.6. The molecule has 1 aromatic carbocycles. The zero-order chi connectivity index (χ0) is 21.2. The molecule has 0 radical (unpaired) electrons. The third-order valence-corrected chi connectivity index (χ3v) is 5.78. The van der Waals surface area contributed by atoms with Gasteiger partial charge < -0.3 is 19.8 Å². The Morgan fingerprint density at radius 2 is 1.75 bits per heavy atom. The summed E-state index contributed by atoms with van der Waals surface area (Å²) in [6.07, 6.45) is -0.674. The topological polar surface area (TPSA) is 88.6 Å². The third-order valence-electron chi connectivity index (χ3n) is 4.98. The van der Waals surface area contributed by atoms with Gasteiger partial charge in [-0.25, -0.2) is 4.79 Å². The molecule has 0 saturated carbocycles. The van der Waals surface area contributed by atoms with Crippen LogP contribution >= 0.6 is 23.2 Å². The molecule has 0 spiro atoms. The van der Waals surface area contributed by atoms with Crippen LogP contribution < -0.4 is 11.2 Å². The summed E-state index contributed by atoms with van der Waals surface area (Å²) in [4.78, 5) is 12.6. The van der Waals surface area contributed by atoms with Gasteiger partial charge >= 0.3 is 13.2 Å². The van der Waals surface area contributed by atoms with Gasteiger partial charge in [0, 0.05) is 10.8 Å². The number of nitrogen functional groups attached to an aromatic ring is 1. The summed E-state index contributed by atoms with van der Waals surface area (Å²) in [6.45, 7) is 13.0. The van der Waals surface area contributed by atoms with Crippen molar-refractivity contribution in [3.8, 4) is 0 Å². The number of halogens is 2. The van der Waals surface area contributed by atoms with Gasteiger partial charge in [0.05, 0.1) is 26.8 Å². The van der Waals surface area contributed by atoms with Crippen LogP contribution in [-0.4, -0.2) is 39.8 Å². The Hall–Kier alpha value is -1.48. The van der Waals surface area contributed by atoms with Crippen LogP contribution in [0.1, 0.15) is 48.5 Å². The second-order valence-corrected chi connectivity index (χ2v) is 9.63. The molecule has 152 valence electrons. The van der Waals surface area contributed by atoms with E-state index < -0.39 is 30.0 Å². The van der Waals surface area contributed by atoms with E-state index in [0.29, 0.717) is 16.4 Å². The molecule has 0 atom stereocenters. The van der Waals surface area contributed by atoms with Crippen molar-refractivity contribution in [2.45, 2.75) is 65.3 Å². The highest BCUT2D eigenvalue weighted by Gasteiger charge is 2.53. The summed E-state index contributed by atoms with van der Waals surface area (Å²) >= 11 is 12.9. The number of aromatic nitrogens is 2.